The molecule has 1 fully saturated rings. The smallest absolute Gasteiger partial charge is 0.340 e. The van der Waals surface area contributed by atoms with Crippen LogP contribution >= 0.6 is 0 Å². The van der Waals surface area contributed by atoms with Gasteiger partial charge in [-0.2, -0.15) is 13.2 Å². The van der Waals surface area contributed by atoms with Crippen LogP contribution in [0.1, 0.15) is 32.8 Å². The summed E-state index contributed by atoms with van der Waals surface area (Å²) in [6, 6.07) is 4.91. The van der Waals surface area contributed by atoms with Crippen LogP contribution in [0.15, 0.2) is 24.3 Å². The lowest BCUT2D eigenvalue weighted by molar-refractivity contribution is -0.137. The van der Waals surface area contributed by atoms with E-state index in [1.54, 1.807) is 4.90 Å². The first kappa shape index (κ1) is 21.2. The molecule has 2 amide bonds. The molecular weight excluding hydrogens is 359 g/mol. The normalized spacial score (nSPS) is 16.3. The highest BCUT2D eigenvalue weighted by Crippen LogP contribution is 2.34. The van der Waals surface area contributed by atoms with Gasteiger partial charge in [0.2, 0.25) is 11.8 Å². The van der Waals surface area contributed by atoms with Crippen LogP contribution in [0.3, 0.4) is 0 Å². The third-order valence-electron chi connectivity index (χ3n) is 4.28. The number of piperazine rings is 1. The van der Waals surface area contributed by atoms with Gasteiger partial charge in [0.15, 0.2) is 0 Å². The number of benzene rings is 1. The highest BCUT2D eigenvalue weighted by atomic mass is 19.4. The molecule has 0 unspecified atom stereocenters. The molecule has 1 N–H and O–H groups in total. The Morgan fingerprint density at radius 3 is 2.19 bits per heavy atom. The molecule has 0 spiro atoms. The molecule has 0 bridgehead atoms. The Balaban J connectivity index is 1.86. The number of hydrogen-bond donors (Lipinski definition) is 1. The molecule has 1 aliphatic heterocycles. The fourth-order valence-electron chi connectivity index (χ4n) is 2.95. The fourth-order valence-corrected chi connectivity index (χ4v) is 2.95. The second-order valence-electron chi connectivity index (χ2n) is 7.99. The number of para-hydroxylation sites is 1. The number of carbonyl (C=O) groups is 2. The zero-order valence-corrected chi connectivity index (χ0v) is 15.9. The summed E-state index contributed by atoms with van der Waals surface area (Å²) in [5.41, 5.74) is -1.19. The van der Waals surface area contributed by atoms with Gasteiger partial charge in [-0.1, -0.05) is 32.9 Å². The van der Waals surface area contributed by atoms with Crippen molar-refractivity contribution in [2.75, 3.05) is 38.0 Å². The van der Waals surface area contributed by atoms with Gasteiger partial charge in [-0.15, -0.1) is 0 Å². The van der Waals surface area contributed by atoms with E-state index in [1.807, 2.05) is 25.7 Å². The molecule has 0 aromatic heterocycles. The molecule has 2 rings (SSSR count). The average molecular weight is 385 g/mol. The number of halogens is 3. The maximum absolute atomic E-state index is 13.0. The number of nitrogens with zero attached hydrogens (tertiary/aromatic N) is 2. The predicted octanol–water partition coefficient (Wildman–Crippen LogP) is 3.22. The molecule has 1 aromatic rings. The Morgan fingerprint density at radius 1 is 1.04 bits per heavy atom. The molecule has 1 heterocycles. The number of rotatable bonds is 4. The van der Waals surface area contributed by atoms with E-state index in [0.717, 1.165) is 6.07 Å². The van der Waals surface area contributed by atoms with Crippen LogP contribution in [0.25, 0.3) is 0 Å². The van der Waals surface area contributed by atoms with E-state index >= 15 is 0 Å². The first-order chi connectivity index (χ1) is 12.5. The van der Waals surface area contributed by atoms with Crippen LogP contribution in [-0.4, -0.2) is 54.3 Å². The zero-order valence-electron chi connectivity index (χ0n) is 15.9. The van der Waals surface area contributed by atoms with Crippen LogP contribution in [0, 0.1) is 5.41 Å². The van der Waals surface area contributed by atoms with E-state index in [4.69, 9.17) is 0 Å². The number of carbonyl (C=O) groups excluding carboxylic acids is 2. The van der Waals surface area contributed by atoms with Crippen molar-refractivity contribution in [2.45, 2.75) is 33.4 Å². The highest BCUT2D eigenvalue weighted by molar-refractivity contribution is 5.93. The maximum Gasteiger partial charge on any atom is 0.418 e. The van der Waals surface area contributed by atoms with Crippen molar-refractivity contribution in [3.8, 4) is 0 Å². The second-order valence-corrected chi connectivity index (χ2v) is 7.99. The summed E-state index contributed by atoms with van der Waals surface area (Å²) in [6.45, 7) is 8.07. The number of nitrogens with one attached hydrogen (secondary N) is 1. The molecule has 0 radical (unpaired) electrons. The minimum Gasteiger partial charge on any atom is -0.340 e. The summed E-state index contributed by atoms with van der Waals surface area (Å²) in [4.78, 5) is 28.0. The van der Waals surface area contributed by atoms with Gasteiger partial charge in [-0.3, -0.25) is 14.5 Å². The minimum absolute atomic E-state index is 0.00646. The second kappa shape index (κ2) is 8.29. The Kier molecular flexibility index (Phi) is 6.51. The molecule has 0 atom stereocenters. The van der Waals surface area contributed by atoms with E-state index in [-0.39, 0.29) is 23.6 Å². The molecule has 8 heteroatoms. The predicted molar refractivity (Wildman–Crippen MR) is 97.2 cm³/mol. The van der Waals surface area contributed by atoms with Crippen molar-refractivity contribution in [3.63, 3.8) is 0 Å². The Hall–Kier alpha value is -2.09. The van der Waals surface area contributed by atoms with Crippen LogP contribution in [0.5, 0.6) is 0 Å². The van der Waals surface area contributed by atoms with Crippen molar-refractivity contribution in [2.24, 2.45) is 5.41 Å². The van der Waals surface area contributed by atoms with Crippen molar-refractivity contribution >= 4 is 17.5 Å². The van der Waals surface area contributed by atoms with Crippen LogP contribution < -0.4 is 5.32 Å². The van der Waals surface area contributed by atoms with Crippen LogP contribution in [0.2, 0.25) is 0 Å². The van der Waals surface area contributed by atoms with Crippen molar-refractivity contribution in [1.29, 1.82) is 0 Å². The van der Waals surface area contributed by atoms with Gasteiger partial charge in [0, 0.05) is 32.6 Å². The number of alkyl halides is 3. The van der Waals surface area contributed by atoms with Gasteiger partial charge in [-0.25, -0.2) is 0 Å². The Labute approximate surface area is 157 Å². The quantitative estimate of drug-likeness (QED) is 0.866. The van der Waals surface area contributed by atoms with E-state index in [0.29, 0.717) is 32.6 Å². The number of amides is 2. The molecule has 1 saturated heterocycles. The first-order valence-corrected chi connectivity index (χ1v) is 8.92. The highest BCUT2D eigenvalue weighted by Gasteiger charge is 2.33. The Bertz CT molecular complexity index is 676. The summed E-state index contributed by atoms with van der Waals surface area (Å²) < 4.78 is 39.0. The van der Waals surface area contributed by atoms with Crippen molar-refractivity contribution in [1.82, 2.24) is 9.80 Å². The monoisotopic (exact) mass is 385 g/mol. The molecule has 0 saturated carbocycles. The van der Waals surface area contributed by atoms with Crippen LogP contribution in [-0.2, 0) is 15.8 Å². The van der Waals surface area contributed by atoms with Gasteiger partial charge < -0.3 is 10.2 Å². The lowest BCUT2D eigenvalue weighted by Crippen LogP contribution is -2.51. The molecule has 150 valence electrons. The van der Waals surface area contributed by atoms with Gasteiger partial charge in [0.25, 0.3) is 0 Å². The van der Waals surface area contributed by atoms with E-state index in [1.165, 1.54) is 18.2 Å². The molecule has 1 aromatic carbocycles. The maximum atomic E-state index is 13.0. The van der Waals surface area contributed by atoms with E-state index in [9.17, 15) is 22.8 Å². The van der Waals surface area contributed by atoms with Gasteiger partial charge in [-0.05, 0) is 17.5 Å². The summed E-state index contributed by atoms with van der Waals surface area (Å²) in [7, 11) is 0. The topological polar surface area (TPSA) is 52.7 Å². The molecule has 1 aliphatic rings. The summed E-state index contributed by atoms with van der Waals surface area (Å²) in [5, 5.41) is 2.35. The average Bonchev–Trinajstić information content (AvgIpc) is 2.53. The molecule has 27 heavy (non-hydrogen) atoms. The van der Waals surface area contributed by atoms with E-state index in [2.05, 4.69) is 5.32 Å². The molecule has 5 nitrogen and oxygen atoms in total. The van der Waals surface area contributed by atoms with E-state index < -0.39 is 17.6 Å². The van der Waals surface area contributed by atoms with Crippen molar-refractivity contribution < 1.29 is 22.8 Å². The van der Waals surface area contributed by atoms with Gasteiger partial charge in [0.05, 0.1) is 17.8 Å². The lowest BCUT2D eigenvalue weighted by atomic mass is 9.91. The third kappa shape index (κ3) is 6.53. The number of anilines is 1. The number of hydrogen-bond acceptors (Lipinski definition) is 3. The lowest BCUT2D eigenvalue weighted by Gasteiger charge is -2.35. The third-order valence-corrected chi connectivity index (χ3v) is 4.28. The molecule has 0 aliphatic carbocycles. The summed E-state index contributed by atoms with van der Waals surface area (Å²) in [6.07, 6.45) is -4.06. The molecular formula is C19H26F3N3O2. The largest absolute Gasteiger partial charge is 0.418 e. The standard InChI is InChI=1S/C19H26F3N3O2/c1-18(2,3)12-17(27)25-10-8-24(9-11-25)13-16(26)23-15-7-5-4-6-14(15)19(20,21)22/h4-7H,8-13H2,1-3H3,(H,23,26). The Morgan fingerprint density at radius 2 is 1.63 bits per heavy atom. The van der Waals surface area contributed by atoms with Gasteiger partial charge in [0.1, 0.15) is 0 Å². The minimum atomic E-state index is -4.52. The first-order valence-electron chi connectivity index (χ1n) is 8.92. The summed E-state index contributed by atoms with van der Waals surface area (Å²) in [5.74, 6) is -0.410. The fraction of sp³-hybridized carbons (Fsp3) is 0.579. The SMILES string of the molecule is CC(C)(C)CC(=O)N1CCN(CC(=O)Nc2ccccc2C(F)(F)F)CC1. The van der Waals surface area contributed by atoms with Crippen molar-refractivity contribution in [3.05, 3.63) is 29.8 Å². The van der Waals surface area contributed by atoms with Crippen LogP contribution in [0.4, 0.5) is 18.9 Å². The zero-order chi connectivity index (χ0) is 20.2. The summed E-state index contributed by atoms with van der Waals surface area (Å²) >= 11 is 0. The van der Waals surface area contributed by atoms with Gasteiger partial charge >= 0.3 is 6.18 Å².